The molecule has 7 nitrogen and oxygen atoms in total. The summed E-state index contributed by atoms with van der Waals surface area (Å²) in [5.41, 5.74) is 1.45. The van der Waals surface area contributed by atoms with Gasteiger partial charge in [0, 0.05) is 24.7 Å². The molecule has 0 spiro atoms. The topological polar surface area (TPSA) is 104 Å². The second kappa shape index (κ2) is 10.1. The molecular formula is C21H27N3O4S2. The van der Waals surface area contributed by atoms with E-state index in [0.29, 0.717) is 12.2 Å². The van der Waals surface area contributed by atoms with Gasteiger partial charge in [-0.15, -0.1) is 11.3 Å². The minimum atomic E-state index is -3.89. The van der Waals surface area contributed by atoms with Crippen LogP contribution in [0.25, 0.3) is 0 Å². The first-order chi connectivity index (χ1) is 14.4. The van der Waals surface area contributed by atoms with Crippen molar-refractivity contribution >= 4 is 38.9 Å². The molecule has 162 valence electrons. The predicted molar refractivity (Wildman–Crippen MR) is 118 cm³/mol. The number of rotatable bonds is 8. The van der Waals surface area contributed by atoms with E-state index in [4.69, 9.17) is 0 Å². The summed E-state index contributed by atoms with van der Waals surface area (Å²) < 4.78 is 28.0. The monoisotopic (exact) mass is 449 g/mol. The fourth-order valence-corrected chi connectivity index (χ4v) is 5.86. The fraction of sp³-hybridized carbons (Fsp3) is 0.429. The van der Waals surface area contributed by atoms with Gasteiger partial charge in [-0.25, -0.2) is 8.42 Å². The van der Waals surface area contributed by atoms with Gasteiger partial charge in [0.05, 0.1) is 0 Å². The highest BCUT2D eigenvalue weighted by Crippen LogP contribution is 2.25. The van der Waals surface area contributed by atoms with Crippen LogP contribution in [0.2, 0.25) is 0 Å². The molecule has 1 heterocycles. The van der Waals surface area contributed by atoms with Crippen molar-refractivity contribution in [1.29, 1.82) is 0 Å². The maximum atomic E-state index is 12.7. The van der Waals surface area contributed by atoms with Gasteiger partial charge in [0.15, 0.2) is 0 Å². The molecule has 0 saturated heterocycles. The number of aryl methyl sites for hydroxylation is 1. The van der Waals surface area contributed by atoms with E-state index < -0.39 is 15.9 Å². The Morgan fingerprint density at radius 2 is 1.67 bits per heavy atom. The molecule has 9 heteroatoms. The van der Waals surface area contributed by atoms with Gasteiger partial charge >= 0.3 is 0 Å². The van der Waals surface area contributed by atoms with E-state index in [1.807, 2.05) is 6.92 Å². The average Bonchev–Trinajstić information content (AvgIpc) is 3.24. The SMILES string of the molecule is Cc1ccc(NS(=O)(=O)c2ccsc2C(=O)NCCNC(=O)C2CCCCC2)cc1. The molecule has 30 heavy (non-hydrogen) atoms. The van der Waals surface area contributed by atoms with Gasteiger partial charge in [0.2, 0.25) is 5.91 Å². The van der Waals surface area contributed by atoms with Crippen LogP contribution in [-0.4, -0.2) is 33.3 Å². The van der Waals surface area contributed by atoms with Crippen LogP contribution >= 0.6 is 11.3 Å². The third-order valence-corrected chi connectivity index (χ3v) is 7.58. The van der Waals surface area contributed by atoms with Gasteiger partial charge < -0.3 is 10.6 Å². The van der Waals surface area contributed by atoms with Crippen LogP contribution in [0.1, 0.15) is 47.3 Å². The van der Waals surface area contributed by atoms with Crippen molar-refractivity contribution in [3.63, 3.8) is 0 Å². The summed E-state index contributed by atoms with van der Waals surface area (Å²) in [5.74, 6) is -0.372. The summed E-state index contributed by atoms with van der Waals surface area (Å²) in [6.45, 7) is 2.47. The highest BCUT2D eigenvalue weighted by Gasteiger charge is 2.24. The molecule has 3 N–H and O–H groups in total. The first-order valence-electron chi connectivity index (χ1n) is 10.1. The standard InChI is InChI=1S/C21H27N3O4S2/c1-15-7-9-17(10-8-15)24-30(27,28)18-11-14-29-19(18)21(26)23-13-12-22-20(25)16-5-3-2-4-6-16/h7-11,14,16,24H,2-6,12-13H2,1H3,(H,22,25)(H,23,26). The lowest BCUT2D eigenvalue weighted by molar-refractivity contribution is -0.125. The van der Waals surface area contributed by atoms with Crippen molar-refractivity contribution in [2.45, 2.75) is 43.9 Å². The van der Waals surface area contributed by atoms with Crippen molar-refractivity contribution in [3.05, 3.63) is 46.2 Å². The molecule has 1 aliphatic rings. The maximum absolute atomic E-state index is 12.7. The fourth-order valence-electron chi connectivity index (χ4n) is 3.46. The van der Waals surface area contributed by atoms with Crippen molar-refractivity contribution < 1.29 is 18.0 Å². The summed E-state index contributed by atoms with van der Waals surface area (Å²) in [6, 6.07) is 8.38. The minimum absolute atomic E-state index is 0.0330. The van der Waals surface area contributed by atoms with Gasteiger partial charge in [-0.05, 0) is 43.3 Å². The Balaban J connectivity index is 1.54. The molecule has 1 aromatic carbocycles. The van der Waals surface area contributed by atoms with Gasteiger partial charge in [0.25, 0.3) is 15.9 Å². The zero-order valence-corrected chi connectivity index (χ0v) is 18.6. The van der Waals surface area contributed by atoms with E-state index >= 15 is 0 Å². The Labute approximate surface area is 181 Å². The Morgan fingerprint density at radius 1 is 1.00 bits per heavy atom. The lowest BCUT2D eigenvalue weighted by atomic mass is 9.89. The van der Waals surface area contributed by atoms with Crippen LogP contribution in [0.15, 0.2) is 40.6 Å². The Hall–Kier alpha value is -2.39. The summed E-state index contributed by atoms with van der Waals surface area (Å²) in [7, 11) is -3.89. The molecule has 0 unspecified atom stereocenters. The third-order valence-electron chi connectivity index (χ3n) is 5.11. The number of amides is 2. The molecule has 0 bridgehead atoms. The normalized spacial score (nSPS) is 14.8. The number of carbonyl (C=O) groups excluding carboxylic acids is 2. The molecule has 0 atom stereocenters. The molecule has 2 aromatic rings. The maximum Gasteiger partial charge on any atom is 0.263 e. The van der Waals surface area contributed by atoms with Gasteiger partial charge in [-0.3, -0.25) is 14.3 Å². The Bertz CT molecular complexity index is 978. The second-order valence-corrected chi connectivity index (χ2v) is 10.0. The summed E-state index contributed by atoms with van der Waals surface area (Å²) in [4.78, 5) is 24.7. The summed E-state index contributed by atoms with van der Waals surface area (Å²) in [5, 5.41) is 7.12. The largest absolute Gasteiger partial charge is 0.354 e. The molecule has 1 aromatic heterocycles. The quantitative estimate of drug-likeness (QED) is 0.538. The van der Waals surface area contributed by atoms with E-state index in [-0.39, 0.29) is 28.1 Å². The molecule has 3 rings (SSSR count). The molecule has 1 aliphatic carbocycles. The highest BCUT2D eigenvalue weighted by atomic mass is 32.2. The van der Waals surface area contributed by atoms with Crippen LogP contribution in [0.4, 0.5) is 5.69 Å². The molecule has 2 amide bonds. The van der Waals surface area contributed by atoms with Crippen molar-refractivity contribution in [1.82, 2.24) is 10.6 Å². The molecule has 0 radical (unpaired) electrons. The van der Waals surface area contributed by atoms with E-state index in [1.54, 1.807) is 29.6 Å². The third kappa shape index (κ3) is 5.82. The molecule has 1 fully saturated rings. The first-order valence-corrected chi connectivity index (χ1v) is 12.5. The van der Waals surface area contributed by atoms with Gasteiger partial charge in [-0.1, -0.05) is 37.0 Å². The Kier molecular flexibility index (Phi) is 7.49. The number of hydrogen-bond acceptors (Lipinski definition) is 5. The number of benzene rings is 1. The first kappa shape index (κ1) is 22.3. The summed E-state index contributed by atoms with van der Waals surface area (Å²) >= 11 is 1.07. The number of thiophene rings is 1. The predicted octanol–water partition coefficient (Wildman–Crippen LogP) is 3.28. The van der Waals surface area contributed by atoms with Crippen molar-refractivity contribution in [3.8, 4) is 0 Å². The number of hydrogen-bond donors (Lipinski definition) is 3. The smallest absolute Gasteiger partial charge is 0.263 e. The van der Waals surface area contributed by atoms with Crippen LogP contribution in [0.5, 0.6) is 0 Å². The lowest BCUT2D eigenvalue weighted by Gasteiger charge is -2.20. The molecular weight excluding hydrogens is 422 g/mol. The minimum Gasteiger partial charge on any atom is -0.354 e. The average molecular weight is 450 g/mol. The zero-order valence-electron chi connectivity index (χ0n) is 16.9. The number of nitrogens with one attached hydrogen (secondary N) is 3. The Morgan fingerprint density at radius 3 is 2.37 bits per heavy atom. The van der Waals surface area contributed by atoms with Crippen molar-refractivity contribution in [2.24, 2.45) is 5.92 Å². The second-order valence-electron chi connectivity index (χ2n) is 7.47. The number of anilines is 1. The van der Waals surface area contributed by atoms with E-state index in [0.717, 1.165) is 42.6 Å². The van der Waals surface area contributed by atoms with Gasteiger partial charge in [-0.2, -0.15) is 0 Å². The zero-order chi connectivity index (χ0) is 21.6. The van der Waals surface area contributed by atoms with Crippen molar-refractivity contribution in [2.75, 3.05) is 17.8 Å². The van der Waals surface area contributed by atoms with Crippen LogP contribution in [-0.2, 0) is 14.8 Å². The molecule has 0 aliphatic heterocycles. The van der Waals surface area contributed by atoms with E-state index in [1.165, 1.54) is 12.5 Å². The van der Waals surface area contributed by atoms with Crippen LogP contribution in [0.3, 0.4) is 0 Å². The van der Waals surface area contributed by atoms with Crippen LogP contribution in [0, 0.1) is 12.8 Å². The summed E-state index contributed by atoms with van der Waals surface area (Å²) in [6.07, 6.45) is 5.19. The van der Waals surface area contributed by atoms with Gasteiger partial charge in [0.1, 0.15) is 9.77 Å². The van der Waals surface area contributed by atoms with E-state index in [2.05, 4.69) is 15.4 Å². The number of carbonyl (C=O) groups is 2. The van der Waals surface area contributed by atoms with E-state index in [9.17, 15) is 18.0 Å². The van der Waals surface area contributed by atoms with Crippen LogP contribution < -0.4 is 15.4 Å². The lowest BCUT2D eigenvalue weighted by Crippen LogP contribution is -2.38. The highest BCUT2D eigenvalue weighted by molar-refractivity contribution is 7.93. The molecule has 1 saturated carbocycles. The number of sulfonamides is 1.